The van der Waals surface area contributed by atoms with E-state index in [0.717, 1.165) is 42.8 Å². The van der Waals surface area contributed by atoms with E-state index in [9.17, 15) is 4.79 Å². The molecule has 1 aliphatic carbocycles. The lowest BCUT2D eigenvalue weighted by Crippen LogP contribution is -2.51. The Balaban J connectivity index is 1.32. The van der Waals surface area contributed by atoms with Crippen molar-refractivity contribution in [3.8, 4) is 0 Å². The molecule has 0 spiro atoms. The van der Waals surface area contributed by atoms with Crippen molar-refractivity contribution in [2.75, 3.05) is 13.2 Å². The first kappa shape index (κ1) is 15.1. The number of benzene rings is 1. The van der Waals surface area contributed by atoms with Crippen molar-refractivity contribution in [2.45, 2.75) is 50.7 Å². The maximum absolute atomic E-state index is 12.6. The van der Waals surface area contributed by atoms with Crippen molar-refractivity contribution in [3.63, 3.8) is 0 Å². The minimum absolute atomic E-state index is 0.289. The number of aryl methyl sites for hydroxylation is 1. The van der Waals surface area contributed by atoms with Gasteiger partial charge in [0.25, 0.3) is 0 Å². The molecule has 0 N–H and O–H groups in total. The molecule has 1 saturated heterocycles. The summed E-state index contributed by atoms with van der Waals surface area (Å²) in [6, 6.07) is 8.55. The van der Waals surface area contributed by atoms with Crippen LogP contribution < -0.4 is 0 Å². The van der Waals surface area contributed by atoms with Crippen molar-refractivity contribution in [3.05, 3.63) is 29.3 Å². The van der Waals surface area contributed by atoms with Gasteiger partial charge in [-0.1, -0.05) is 12.1 Å². The minimum atomic E-state index is 0.289. The monoisotopic (exact) mass is 330 g/mol. The van der Waals surface area contributed by atoms with Gasteiger partial charge < -0.3 is 9.64 Å². The number of carbonyl (C=O) groups excluding carboxylic acids is 1. The van der Waals surface area contributed by atoms with Gasteiger partial charge in [-0.2, -0.15) is 0 Å². The minimum Gasteiger partial charge on any atom is -0.374 e. The van der Waals surface area contributed by atoms with E-state index >= 15 is 0 Å². The molecule has 5 heteroatoms. The molecule has 23 heavy (non-hydrogen) atoms. The molecule has 122 valence electrons. The van der Waals surface area contributed by atoms with Crippen LogP contribution in [-0.4, -0.2) is 41.1 Å². The van der Waals surface area contributed by atoms with Gasteiger partial charge in [0.05, 0.1) is 34.0 Å². The number of para-hydroxylation sites is 1. The molecule has 1 aromatic heterocycles. The predicted molar refractivity (Wildman–Crippen MR) is 91.7 cm³/mol. The second-order valence-corrected chi connectivity index (χ2v) is 7.54. The third-order valence-electron chi connectivity index (χ3n) is 4.92. The molecule has 0 bridgehead atoms. The Hall–Kier alpha value is -1.46. The number of hydrogen-bond donors (Lipinski definition) is 0. The molecule has 2 fully saturated rings. The maximum atomic E-state index is 12.6. The summed E-state index contributed by atoms with van der Waals surface area (Å²) in [5.74, 6) is 0.298. The maximum Gasteiger partial charge on any atom is 0.222 e. The van der Waals surface area contributed by atoms with Crippen LogP contribution in [0.1, 0.15) is 37.1 Å². The van der Waals surface area contributed by atoms with E-state index in [0.29, 0.717) is 25.0 Å². The van der Waals surface area contributed by atoms with Crippen LogP contribution >= 0.6 is 11.3 Å². The van der Waals surface area contributed by atoms with Crippen LogP contribution in [0, 0.1) is 0 Å². The molecule has 0 radical (unpaired) electrons. The summed E-state index contributed by atoms with van der Waals surface area (Å²) in [7, 11) is 0. The van der Waals surface area contributed by atoms with Gasteiger partial charge in [0.2, 0.25) is 5.91 Å². The number of morpholine rings is 1. The predicted octanol–water partition coefficient (Wildman–Crippen LogP) is 3.40. The largest absolute Gasteiger partial charge is 0.374 e. The molecule has 2 aliphatic rings. The summed E-state index contributed by atoms with van der Waals surface area (Å²) >= 11 is 1.74. The van der Waals surface area contributed by atoms with E-state index in [2.05, 4.69) is 22.0 Å². The summed E-state index contributed by atoms with van der Waals surface area (Å²) in [5.41, 5.74) is 1.07. The summed E-state index contributed by atoms with van der Waals surface area (Å²) in [6.07, 6.45) is 6.09. The number of thiazole rings is 1. The van der Waals surface area contributed by atoms with Crippen LogP contribution in [0.25, 0.3) is 10.2 Å². The summed E-state index contributed by atoms with van der Waals surface area (Å²) in [5, 5.41) is 1.14. The standard InChI is InChI=1S/C18H22N2O2S/c21-18(20-11-12-22-15-7-3-6-14(15)20)10-4-9-17-19-13-5-1-2-8-16(13)23-17/h1-2,5,8,14-15H,3-4,6-7,9-12H2. The van der Waals surface area contributed by atoms with E-state index < -0.39 is 0 Å². The average Bonchev–Trinajstić information content (AvgIpc) is 3.20. The van der Waals surface area contributed by atoms with Gasteiger partial charge in [-0.15, -0.1) is 11.3 Å². The van der Waals surface area contributed by atoms with Gasteiger partial charge >= 0.3 is 0 Å². The molecule has 1 aromatic carbocycles. The molecule has 2 atom stereocenters. The highest BCUT2D eigenvalue weighted by Gasteiger charge is 2.37. The number of amides is 1. The second-order valence-electron chi connectivity index (χ2n) is 6.42. The third kappa shape index (κ3) is 3.12. The lowest BCUT2D eigenvalue weighted by atomic mass is 10.1. The average molecular weight is 330 g/mol. The van der Waals surface area contributed by atoms with Crippen molar-refractivity contribution >= 4 is 27.5 Å². The second kappa shape index (κ2) is 6.57. The van der Waals surface area contributed by atoms with E-state index in [1.807, 2.05) is 12.1 Å². The first-order chi connectivity index (χ1) is 11.3. The third-order valence-corrected chi connectivity index (χ3v) is 6.02. The summed E-state index contributed by atoms with van der Waals surface area (Å²) in [4.78, 5) is 19.3. The van der Waals surface area contributed by atoms with Crippen LogP contribution in [0.3, 0.4) is 0 Å². The molecule has 2 aromatic rings. The number of nitrogens with zero attached hydrogens (tertiary/aromatic N) is 2. The quantitative estimate of drug-likeness (QED) is 0.863. The van der Waals surface area contributed by atoms with Gasteiger partial charge in [-0.05, 0) is 44.2 Å². The Labute approximate surface area is 140 Å². The number of carbonyl (C=O) groups is 1. The molecular weight excluding hydrogens is 308 g/mol. The van der Waals surface area contributed by atoms with Gasteiger partial charge in [0, 0.05) is 13.0 Å². The Bertz CT molecular complexity index is 666. The Kier molecular flexibility index (Phi) is 4.31. The fraction of sp³-hybridized carbons (Fsp3) is 0.556. The molecule has 4 nitrogen and oxygen atoms in total. The molecule has 1 amide bonds. The van der Waals surface area contributed by atoms with Crippen LogP contribution in [0.15, 0.2) is 24.3 Å². The van der Waals surface area contributed by atoms with Gasteiger partial charge in [0.1, 0.15) is 0 Å². The highest BCUT2D eigenvalue weighted by atomic mass is 32.1. The zero-order valence-electron chi connectivity index (χ0n) is 13.2. The van der Waals surface area contributed by atoms with Crippen molar-refractivity contribution in [2.24, 2.45) is 0 Å². The fourth-order valence-corrected chi connectivity index (χ4v) is 4.81. The molecule has 2 heterocycles. The van der Waals surface area contributed by atoms with Crippen molar-refractivity contribution in [1.29, 1.82) is 0 Å². The fourth-order valence-electron chi connectivity index (χ4n) is 3.80. The van der Waals surface area contributed by atoms with Gasteiger partial charge in [0.15, 0.2) is 0 Å². The van der Waals surface area contributed by atoms with Crippen molar-refractivity contribution in [1.82, 2.24) is 9.88 Å². The Morgan fingerprint density at radius 1 is 1.35 bits per heavy atom. The summed E-state index contributed by atoms with van der Waals surface area (Å²) in [6.45, 7) is 1.46. The zero-order valence-corrected chi connectivity index (χ0v) is 14.1. The number of rotatable bonds is 4. The van der Waals surface area contributed by atoms with Crippen LogP contribution in [0.4, 0.5) is 0 Å². The van der Waals surface area contributed by atoms with E-state index in [4.69, 9.17) is 4.74 Å². The van der Waals surface area contributed by atoms with Crippen LogP contribution in [0.2, 0.25) is 0 Å². The molecular formula is C18H22N2O2S. The zero-order chi connectivity index (χ0) is 15.6. The molecule has 1 saturated carbocycles. The van der Waals surface area contributed by atoms with Gasteiger partial charge in [-0.3, -0.25) is 4.79 Å². The van der Waals surface area contributed by atoms with E-state index in [-0.39, 0.29) is 6.10 Å². The molecule has 2 unspecified atom stereocenters. The smallest absolute Gasteiger partial charge is 0.222 e. The van der Waals surface area contributed by atoms with Crippen LogP contribution in [-0.2, 0) is 16.0 Å². The molecule has 1 aliphatic heterocycles. The number of hydrogen-bond acceptors (Lipinski definition) is 4. The van der Waals surface area contributed by atoms with E-state index in [1.165, 1.54) is 11.1 Å². The highest BCUT2D eigenvalue weighted by molar-refractivity contribution is 7.18. The van der Waals surface area contributed by atoms with Gasteiger partial charge in [-0.25, -0.2) is 4.98 Å². The first-order valence-corrected chi connectivity index (χ1v) is 9.38. The number of fused-ring (bicyclic) bond motifs is 2. The topological polar surface area (TPSA) is 42.4 Å². The van der Waals surface area contributed by atoms with E-state index in [1.54, 1.807) is 11.3 Å². The number of ether oxygens (including phenoxy) is 1. The lowest BCUT2D eigenvalue weighted by molar-refractivity contribution is -0.144. The Morgan fingerprint density at radius 3 is 3.17 bits per heavy atom. The van der Waals surface area contributed by atoms with Crippen LogP contribution in [0.5, 0.6) is 0 Å². The first-order valence-electron chi connectivity index (χ1n) is 8.57. The SMILES string of the molecule is O=C(CCCc1nc2ccccc2s1)N1CCOC2CCCC21. The van der Waals surface area contributed by atoms with Crippen molar-refractivity contribution < 1.29 is 9.53 Å². The lowest BCUT2D eigenvalue weighted by Gasteiger charge is -2.37. The summed E-state index contributed by atoms with van der Waals surface area (Å²) < 4.78 is 7.02. The highest BCUT2D eigenvalue weighted by Crippen LogP contribution is 2.30. The normalized spacial score (nSPS) is 24.1. The number of aromatic nitrogens is 1. The Morgan fingerprint density at radius 2 is 2.26 bits per heavy atom. The molecule has 4 rings (SSSR count).